The van der Waals surface area contributed by atoms with Crippen LogP contribution in [-0.4, -0.2) is 13.8 Å². The fourth-order valence-electron chi connectivity index (χ4n) is 0.630. The summed E-state index contributed by atoms with van der Waals surface area (Å²) in [4.78, 5) is 0. The van der Waals surface area contributed by atoms with Crippen LogP contribution in [0.3, 0.4) is 0 Å². The zero-order valence-corrected chi connectivity index (χ0v) is 5.56. The lowest BCUT2D eigenvalue weighted by Crippen LogP contribution is -2.18. The fourth-order valence-corrected chi connectivity index (χ4v) is 0.630. The lowest BCUT2D eigenvalue weighted by Gasteiger charge is -2.01. The normalized spacial score (nSPS) is 13.8. The Hall–Kier alpha value is 0.0249. The minimum Gasteiger partial charge on any atom is -0.336 e. The molecule has 0 aromatic heterocycles. The van der Waals surface area contributed by atoms with Crippen molar-refractivity contribution in [1.29, 1.82) is 0 Å². The van der Waals surface area contributed by atoms with Gasteiger partial charge in [0.1, 0.15) is 0 Å². The Morgan fingerprint density at radius 3 is 2.50 bits per heavy atom. The molecule has 0 saturated carbocycles. The third-order valence-corrected chi connectivity index (χ3v) is 1.14. The number of nitrogens with two attached hydrogens (primary N) is 1. The molecular weight excluding hydrogens is 96.9 g/mol. The highest BCUT2D eigenvalue weighted by Gasteiger charge is 1.90. The second-order valence-electron chi connectivity index (χ2n) is 2.16. The zero-order chi connectivity index (χ0) is 6.41. The molecule has 8 heavy (non-hydrogen) atoms. The Morgan fingerprint density at radius 1 is 1.50 bits per heavy atom. The predicted molar refractivity (Wildman–Crippen MR) is 37.9 cm³/mol. The standard InChI is InChI=1S/C6H14BN/c1-2-3-4-5-6(7)8/h6H,2-5,8H2,1H3. The molecule has 1 unspecified atom stereocenters. The first-order valence-corrected chi connectivity index (χ1v) is 3.28. The van der Waals surface area contributed by atoms with Crippen molar-refractivity contribution in [2.45, 2.75) is 38.5 Å². The average molecular weight is 111 g/mol. The van der Waals surface area contributed by atoms with Gasteiger partial charge in [0, 0.05) is 0 Å². The molecule has 0 aromatic carbocycles. The van der Waals surface area contributed by atoms with Crippen molar-refractivity contribution < 1.29 is 0 Å². The van der Waals surface area contributed by atoms with E-state index in [1.807, 2.05) is 0 Å². The van der Waals surface area contributed by atoms with Crippen LogP contribution in [0.15, 0.2) is 0 Å². The summed E-state index contributed by atoms with van der Waals surface area (Å²) in [7, 11) is 5.31. The summed E-state index contributed by atoms with van der Waals surface area (Å²) < 4.78 is 0. The molecule has 0 aromatic rings. The molecule has 2 N–H and O–H groups in total. The van der Waals surface area contributed by atoms with E-state index in [4.69, 9.17) is 13.6 Å². The molecule has 0 fully saturated rings. The lowest BCUT2D eigenvalue weighted by molar-refractivity contribution is 0.650. The Kier molecular flexibility index (Phi) is 5.18. The molecule has 0 rings (SSSR count). The summed E-state index contributed by atoms with van der Waals surface area (Å²) >= 11 is 0. The topological polar surface area (TPSA) is 26.0 Å². The third kappa shape index (κ3) is 6.02. The number of unbranched alkanes of at least 4 members (excludes halogenated alkanes) is 2. The van der Waals surface area contributed by atoms with Crippen LogP contribution in [0, 0.1) is 0 Å². The lowest BCUT2D eigenvalue weighted by atomic mass is 9.92. The second kappa shape index (κ2) is 5.17. The molecule has 1 atom stereocenters. The van der Waals surface area contributed by atoms with Gasteiger partial charge in [0.2, 0.25) is 0 Å². The van der Waals surface area contributed by atoms with Crippen LogP contribution >= 0.6 is 0 Å². The van der Waals surface area contributed by atoms with Gasteiger partial charge in [-0.25, -0.2) is 0 Å². The summed E-state index contributed by atoms with van der Waals surface area (Å²) in [5.74, 6) is -0.0958. The molecule has 0 amide bonds. The Balaban J connectivity index is 2.72. The Morgan fingerprint density at radius 2 is 2.12 bits per heavy atom. The average Bonchev–Trinajstić information content (AvgIpc) is 1.66. The summed E-state index contributed by atoms with van der Waals surface area (Å²) in [5, 5.41) is 0. The molecule has 0 heterocycles. The maximum absolute atomic E-state index is 5.31. The van der Waals surface area contributed by atoms with Crippen LogP contribution in [-0.2, 0) is 0 Å². The second-order valence-corrected chi connectivity index (χ2v) is 2.16. The molecule has 2 radical (unpaired) electrons. The first kappa shape index (κ1) is 8.02. The van der Waals surface area contributed by atoms with Crippen LogP contribution in [0.2, 0.25) is 0 Å². The van der Waals surface area contributed by atoms with Gasteiger partial charge < -0.3 is 5.73 Å². The van der Waals surface area contributed by atoms with Crippen molar-refractivity contribution in [1.82, 2.24) is 0 Å². The van der Waals surface area contributed by atoms with Gasteiger partial charge in [-0.15, -0.1) is 0 Å². The summed E-state index contributed by atoms with van der Waals surface area (Å²) in [5.41, 5.74) is 5.31. The molecule has 2 heteroatoms. The molecule has 0 spiro atoms. The highest BCUT2D eigenvalue weighted by molar-refractivity contribution is 6.11. The van der Waals surface area contributed by atoms with Crippen LogP contribution in [0.5, 0.6) is 0 Å². The van der Waals surface area contributed by atoms with Crippen molar-refractivity contribution >= 4 is 7.85 Å². The Labute approximate surface area is 53.1 Å². The van der Waals surface area contributed by atoms with E-state index in [-0.39, 0.29) is 5.94 Å². The van der Waals surface area contributed by atoms with Gasteiger partial charge in [0.15, 0.2) is 0 Å². The largest absolute Gasteiger partial charge is 0.336 e. The zero-order valence-electron chi connectivity index (χ0n) is 5.56. The fraction of sp³-hybridized carbons (Fsp3) is 1.00. The maximum Gasteiger partial charge on any atom is 0.0903 e. The van der Waals surface area contributed by atoms with E-state index >= 15 is 0 Å². The minimum absolute atomic E-state index is 0.0958. The summed E-state index contributed by atoms with van der Waals surface area (Å²) in [6.07, 6.45) is 4.64. The van der Waals surface area contributed by atoms with E-state index in [0.29, 0.717) is 0 Å². The van der Waals surface area contributed by atoms with E-state index in [1.165, 1.54) is 19.3 Å². The highest BCUT2D eigenvalue weighted by atomic mass is 14.6. The van der Waals surface area contributed by atoms with Crippen LogP contribution in [0.25, 0.3) is 0 Å². The van der Waals surface area contributed by atoms with Crippen LogP contribution < -0.4 is 5.73 Å². The predicted octanol–water partition coefficient (Wildman–Crippen LogP) is 1.02. The molecule has 0 aliphatic carbocycles. The molecule has 0 aliphatic heterocycles. The van der Waals surface area contributed by atoms with E-state index in [2.05, 4.69) is 6.92 Å². The Bertz CT molecular complexity index is 45.8. The van der Waals surface area contributed by atoms with E-state index in [1.54, 1.807) is 0 Å². The third-order valence-electron chi connectivity index (χ3n) is 1.14. The van der Waals surface area contributed by atoms with Crippen LogP contribution in [0.4, 0.5) is 0 Å². The number of hydrogen-bond acceptors (Lipinski definition) is 1. The monoisotopic (exact) mass is 111 g/mol. The van der Waals surface area contributed by atoms with Crippen molar-refractivity contribution in [2.24, 2.45) is 5.73 Å². The van der Waals surface area contributed by atoms with E-state index in [0.717, 1.165) is 6.42 Å². The van der Waals surface area contributed by atoms with Gasteiger partial charge in [0.05, 0.1) is 7.85 Å². The molecule has 0 bridgehead atoms. The van der Waals surface area contributed by atoms with Gasteiger partial charge in [-0.1, -0.05) is 26.2 Å². The smallest absolute Gasteiger partial charge is 0.0903 e. The van der Waals surface area contributed by atoms with E-state index in [9.17, 15) is 0 Å². The molecule has 1 nitrogen and oxygen atoms in total. The molecule has 0 aliphatic rings. The SMILES string of the molecule is [B]C(N)CCCCC. The maximum atomic E-state index is 5.31. The van der Waals surface area contributed by atoms with Crippen molar-refractivity contribution in [3.05, 3.63) is 0 Å². The van der Waals surface area contributed by atoms with Gasteiger partial charge in [-0.05, 0) is 12.4 Å². The quantitative estimate of drug-likeness (QED) is 0.425. The first-order valence-electron chi connectivity index (χ1n) is 3.28. The highest BCUT2D eigenvalue weighted by Crippen LogP contribution is 1.98. The molecular formula is C6H14BN. The molecule has 46 valence electrons. The molecule has 0 saturated heterocycles. The van der Waals surface area contributed by atoms with Gasteiger partial charge >= 0.3 is 0 Å². The van der Waals surface area contributed by atoms with E-state index < -0.39 is 0 Å². The minimum atomic E-state index is -0.0958. The number of hydrogen-bond donors (Lipinski definition) is 1. The first-order chi connectivity index (χ1) is 3.77. The van der Waals surface area contributed by atoms with Crippen LogP contribution in [0.1, 0.15) is 32.6 Å². The number of rotatable bonds is 4. The van der Waals surface area contributed by atoms with Crippen molar-refractivity contribution in [3.63, 3.8) is 0 Å². The van der Waals surface area contributed by atoms with Crippen molar-refractivity contribution in [3.8, 4) is 0 Å². The van der Waals surface area contributed by atoms with Gasteiger partial charge in [-0.2, -0.15) is 0 Å². The van der Waals surface area contributed by atoms with Gasteiger partial charge in [-0.3, -0.25) is 0 Å². The summed E-state index contributed by atoms with van der Waals surface area (Å²) in [6.45, 7) is 2.17. The van der Waals surface area contributed by atoms with Gasteiger partial charge in [0.25, 0.3) is 0 Å². The van der Waals surface area contributed by atoms with Crippen molar-refractivity contribution in [2.75, 3.05) is 0 Å². The summed E-state index contributed by atoms with van der Waals surface area (Å²) in [6, 6.07) is 0.